The zero-order chi connectivity index (χ0) is 9.19. The SMILES string of the molecule is CC(C)S(=O)(=O)[CH]c1cccs1. The third-order valence-corrected chi connectivity index (χ3v) is 4.35. The van der Waals surface area contributed by atoms with E-state index in [9.17, 15) is 8.42 Å². The number of hydrogen-bond donors (Lipinski definition) is 0. The molecule has 1 heterocycles. The van der Waals surface area contributed by atoms with Gasteiger partial charge in [0.2, 0.25) is 0 Å². The van der Waals surface area contributed by atoms with Crippen molar-refractivity contribution >= 4 is 21.2 Å². The van der Waals surface area contributed by atoms with Crippen LogP contribution in [0.2, 0.25) is 0 Å². The molecular weight excluding hydrogens is 192 g/mol. The highest BCUT2D eigenvalue weighted by atomic mass is 32.2. The average Bonchev–Trinajstić information content (AvgIpc) is 2.38. The van der Waals surface area contributed by atoms with Gasteiger partial charge in [-0.05, 0) is 25.3 Å². The Morgan fingerprint density at radius 1 is 1.50 bits per heavy atom. The first-order valence-electron chi connectivity index (χ1n) is 3.64. The molecule has 0 atom stereocenters. The summed E-state index contributed by atoms with van der Waals surface area (Å²) in [5, 5.41) is 1.53. The van der Waals surface area contributed by atoms with Gasteiger partial charge in [0.25, 0.3) is 0 Å². The smallest absolute Gasteiger partial charge is 0.162 e. The molecule has 1 aromatic heterocycles. The fraction of sp³-hybridized carbons (Fsp3) is 0.375. The molecule has 0 saturated heterocycles. The van der Waals surface area contributed by atoms with Gasteiger partial charge in [-0.25, -0.2) is 8.42 Å². The molecule has 0 aliphatic heterocycles. The van der Waals surface area contributed by atoms with Gasteiger partial charge < -0.3 is 0 Å². The maximum Gasteiger partial charge on any atom is 0.162 e. The van der Waals surface area contributed by atoms with E-state index < -0.39 is 9.84 Å². The van der Waals surface area contributed by atoms with Crippen molar-refractivity contribution in [1.29, 1.82) is 0 Å². The molecule has 1 aromatic rings. The minimum Gasteiger partial charge on any atom is -0.228 e. The lowest BCUT2D eigenvalue weighted by molar-refractivity contribution is 0.594. The van der Waals surface area contributed by atoms with Crippen LogP contribution >= 0.6 is 11.3 Å². The molecule has 0 aromatic carbocycles. The van der Waals surface area contributed by atoms with Crippen LogP contribution < -0.4 is 0 Å². The van der Waals surface area contributed by atoms with Crippen LogP contribution in [0.1, 0.15) is 18.7 Å². The first-order chi connectivity index (χ1) is 5.52. The quantitative estimate of drug-likeness (QED) is 0.753. The first-order valence-corrected chi connectivity index (χ1v) is 6.13. The normalized spacial score (nSPS) is 12.2. The largest absolute Gasteiger partial charge is 0.228 e. The van der Waals surface area contributed by atoms with Crippen LogP contribution in [0.25, 0.3) is 0 Å². The summed E-state index contributed by atoms with van der Waals surface area (Å²) in [7, 11) is -3.04. The Kier molecular flexibility index (Phi) is 2.90. The van der Waals surface area contributed by atoms with Gasteiger partial charge in [0.1, 0.15) is 5.75 Å². The van der Waals surface area contributed by atoms with Crippen molar-refractivity contribution < 1.29 is 8.42 Å². The summed E-state index contributed by atoms with van der Waals surface area (Å²) in [6.07, 6.45) is 0. The molecule has 67 valence electrons. The van der Waals surface area contributed by atoms with Gasteiger partial charge in [0.05, 0.1) is 5.25 Å². The Labute approximate surface area is 77.2 Å². The van der Waals surface area contributed by atoms with Crippen LogP contribution in [-0.4, -0.2) is 13.7 Å². The van der Waals surface area contributed by atoms with E-state index in [-0.39, 0.29) is 5.25 Å². The highest BCUT2D eigenvalue weighted by Crippen LogP contribution is 2.17. The van der Waals surface area contributed by atoms with Gasteiger partial charge in [0.15, 0.2) is 9.84 Å². The first kappa shape index (κ1) is 9.74. The zero-order valence-corrected chi connectivity index (χ0v) is 8.65. The van der Waals surface area contributed by atoms with E-state index in [4.69, 9.17) is 0 Å². The van der Waals surface area contributed by atoms with Gasteiger partial charge in [-0.3, -0.25) is 0 Å². The predicted molar refractivity (Wildman–Crippen MR) is 51.8 cm³/mol. The fourth-order valence-electron chi connectivity index (χ4n) is 0.656. The van der Waals surface area contributed by atoms with Gasteiger partial charge >= 0.3 is 0 Å². The summed E-state index contributed by atoms with van der Waals surface area (Å²) < 4.78 is 22.7. The third kappa shape index (κ3) is 2.32. The standard InChI is InChI=1S/C8H11O2S2/c1-7(2)12(9,10)6-8-4-3-5-11-8/h3-7H,1-2H3. The predicted octanol–water partition coefficient (Wildman–Crippen LogP) is 2.08. The summed E-state index contributed by atoms with van der Waals surface area (Å²) in [6, 6.07) is 3.64. The second-order valence-corrected chi connectivity index (χ2v) is 6.11. The topological polar surface area (TPSA) is 34.1 Å². The zero-order valence-electron chi connectivity index (χ0n) is 7.02. The van der Waals surface area contributed by atoms with Gasteiger partial charge in [-0.15, -0.1) is 11.3 Å². The van der Waals surface area contributed by atoms with Gasteiger partial charge in [-0.2, -0.15) is 0 Å². The number of hydrogen-bond acceptors (Lipinski definition) is 3. The summed E-state index contributed by atoms with van der Waals surface area (Å²) in [6.45, 7) is 3.36. The maximum atomic E-state index is 11.3. The van der Waals surface area contributed by atoms with Crippen molar-refractivity contribution in [3.05, 3.63) is 28.1 Å². The maximum absolute atomic E-state index is 11.3. The molecule has 1 rings (SSSR count). The molecule has 0 aliphatic carbocycles. The van der Waals surface area contributed by atoms with Gasteiger partial charge in [-0.1, -0.05) is 6.07 Å². The van der Waals surface area contributed by atoms with E-state index in [2.05, 4.69) is 0 Å². The van der Waals surface area contributed by atoms with Crippen LogP contribution in [0, 0.1) is 5.75 Å². The van der Waals surface area contributed by atoms with Crippen LogP contribution in [0.5, 0.6) is 0 Å². The molecular formula is C8H11O2S2. The molecule has 2 nitrogen and oxygen atoms in total. The molecule has 0 amide bonds. The van der Waals surface area contributed by atoms with Crippen molar-refractivity contribution in [2.45, 2.75) is 19.1 Å². The van der Waals surface area contributed by atoms with E-state index in [1.807, 2.05) is 11.4 Å². The highest BCUT2D eigenvalue weighted by molar-refractivity contribution is 7.94. The Bertz CT molecular complexity index is 322. The van der Waals surface area contributed by atoms with E-state index in [0.717, 1.165) is 4.88 Å². The van der Waals surface area contributed by atoms with E-state index in [0.29, 0.717) is 0 Å². The van der Waals surface area contributed by atoms with Crippen molar-refractivity contribution in [3.63, 3.8) is 0 Å². The molecule has 0 unspecified atom stereocenters. The van der Waals surface area contributed by atoms with Crippen molar-refractivity contribution in [2.24, 2.45) is 0 Å². The van der Waals surface area contributed by atoms with E-state index >= 15 is 0 Å². The van der Waals surface area contributed by atoms with Crippen molar-refractivity contribution in [2.75, 3.05) is 0 Å². The summed E-state index contributed by atoms with van der Waals surface area (Å²) >= 11 is 1.43. The Morgan fingerprint density at radius 2 is 2.17 bits per heavy atom. The lowest BCUT2D eigenvalue weighted by Crippen LogP contribution is -2.13. The summed E-state index contributed by atoms with van der Waals surface area (Å²) in [5.74, 6) is 1.34. The molecule has 0 bridgehead atoms. The monoisotopic (exact) mass is 203 g/mol. The van der Waals surface area contributed by atoms with E-state index in [1.165, 1.54) is 17.1 Å². The summed E-state index contributed by atoms with van der Waals surface area (Å²) in [5.41, 5.74) is 0. The summed E-state index contributed by atoms with van der Waals surface area (Å²) in [4.78, 5) is 0.795. The van der Waals surface area contributed by atoms with Crippen molar-refractivity contribution in [1.82, 2.24) is 0 Å². The Morgan fingerprint density at radius 3 is 2.58 bits per heavy atom. The van der Waals surface area contributed by atoms with Crippen LogP contribution in [-0.2, 0) is 9.84 Å². The minimum atomic E-state index is -3.04. The molecule has 0 saturated carbocycles. The highest BCUT2D eigenvalue weighted by Gasteiger charge is 2.17. The molecule has 1 radical (unpaired) electrons. The number of rotatable bonds is 3. The van der Waals surface area contributed by atoms with Crippen LogP contribution in [0.15, 0.2) is 17.5 Å². The van der Waals surface area contributed by atoms with E-state index in [1.54, 1.807) is 19.9 Å². The second-order valence-electron chi connectivity index (χ2n) is 2.77. The van der Waals surface area contributed by atoms with Gasteiger partial charge in [0, 0.05) is 4.88 Å². The molecule has 12 heavy (non-hydrogen) atoms. The van der Waals surface area contributed by atoms with Crippen LogP contribution in [0.3, 0.4) is 0 Å². The van der Waals surface area contributed by atoms with Crippen molar-refractivity contribution in [3.8, 4) is 0 Å². The second kappa shape index (κ2) is 3.58. The molecule has 4 heteroatoms. The molecule has 0 spiro atoms. The molecule has 0 N–H and O–H groups in total. The molecule has 0 aliphatic rings. The molecule has 0 fully saturated rings. The lowest BCUT2D eigenvalue weighted by atomic mass is 10.5. The van der Waals surface area contributed by atoms with Crippen LogP contribution in [0.4, 0.5) is 0 Å². The number of sulfone groups is 1. The average molecular weight is 203 g/mol. The third-order valence-electron chi connectivity index (χ3n) is 1.48. The fourth-order valence-corrected chi connectivity index (χ4v) is 2.43. The minimum absolute atomic E-state index is 0.334. The Hall–Kier alpha value is -0.350. The number of thiophene rings is 1. The Balaban J connectivity index is 2.77. The lowest BCUT2D eigenvalue weighted by Gasteiger charge is -2.04.